The molecule has 118 valence electrons. The summed E-state index contributed by atoms with van der Waals surface area (Å²) in [5.74, 6) is 1.35. The van der Waals surface area contributed by atoms with Crippen molar-refractivity contribution in [3.05, 3.63) is 47.7 Å². The summed E-state index contributed by atoms with van der Waals surface area (Å²) >= 11 is 0. The number of carbonyl (C=O) groups excluding carboxylic acids is 1. The van der Waals surface area contributed by atoms with Gasteiger partial charge < -0.3 is 14.2 Å². The van der Waals surface area contributed by atoms with Crippen molar-refractivity contribution in [1.82, 2.24) is 14.1 Å². The van der Waals surface area contributed by atoms with E-state index in [2.05, 4.69) is 4.98 Å². The van der Waals surface area contributed by atoms with Crippen molar-refractivity contribution in [3.8, 4) is 5.75 Å². The highest BCUT2D eigenvalue weighted by Crippen LogP contribution is 2.35. The van der Waals surface area contributed by atoms with E-state index in [1.807, 2.05) is 35.4 Å². The monoisotopic (exact) mass is 309 g/mol. The van der Waals surface area contributed by atoms with E-state index in [1.54, 1.807) is 18.3 Å². The van der Waals surface area contributed by atoms with Gasteiger partial charge in [0.25, 0.3) is 0 Å². The largest absolute Gasteiger partial charge is 0.508 e. The number of aromatic hydroxyl groups is 1. The number of phenolic OH excluding ortho intramolecular Hbond substituents is 1. The van der Waals surface area contributed by atoms with E-state index < -0.39 is 0 Å². The van der Waals surface area contributed by atoms with E-state index in [0.717, 1.165) is 40.8 Å². The maximum Gasteiger partial charge on any atom is 0.170 e. The number of ketones is 1. The Kier molecular flexibility index (Phi) is 3.04. The Morgan fingerprint density at radius 2 is 2.22 bits per heavy atom. The van der Waals surface area contributed by atoms with E-state index in [9.17, 15) is 9.90 Å². The topological polar surface area (TPSA) is 60.0 Å². The van der Waals surface area contributed by atoms with Gasteiger partial charge in [0.15, 0.2) is 5.78 Å². The number of hydrogen-bond donors (Lipinski definition) is 1. The number of nitrogens with zero attached hydrogens (tertiary/aromatic N) is 3. The lowest BCUT2D eigenvalue weighted by Gasteiger charge is -2.23. The first-order valence-electron chi connectivity index (χ1n) is 7.88. The van der Waals surface area contributed by atoms with Gasteiger partial charge in [0.1, 0.15) is 11.6 Å². The van der Waals surface area contributed by atoms with Crippen LogP contribution in [0.1, 0.15) is 28.3 Å². The summed E-state index contributed by atoms with van der Waals surface area (Å²) in [6.07, 6.45) is 5.43. The Bertz CT molecular complexity index is 920. The van der Waals surface area contributed by atoms with Gasteiger partial charge in [0, 0.05) is 54.6 Å². The highest BCUT2D eigenvalue weighted by Gasteiger charge is 2.32. The van der Waals surface area contributed by atoms with Crippen LogP contribution in [0.25, 0.3) is 10.9 Å². The highest BCUT2D eigenvalue weighted by atomic mass is 16.3. The number of carbonyl (C=O) groups is 1. The predicted molar refractivity (Wildman–Crippen MR) is 87.7 cm³/mol. The lowest BCUT2D eigenvalue weighted by molar-refractivity contribution is 0.0888. The molecule has 1 atom stereocenters. The van der Waals surface area contributed by atoms with Gasteiger partial charge in [-0.2, -0.15) is 0 Å². The summed E-state index contributed by atoms with van der Waals surface area (Å²) < 4.78 is 4.09. The van der Waals surface area contributed by atoms with Crippen molar-refractivity contribution >= 4 is 16.7 Å². The summed E-state index contributed by atoms with van der Waals surface area (Å²) in [7, 11) is 1.97. The van der Waals surface area contributed by atoms with Crippen LogP contribution in [-0.2, 0) is 20.0 Å². The quantitative estimate of drug-likeness (QED) is 0.792. The van der Waals surface area contributed by atoms with E-state index in [4.69, 9.17) is 0 Å². The first-order chi connectivity index (χ1) is 11.1. The number of hydrogen-bond acceptors (Lipinski definition) is 3. The fourth-order valence-electron chi connectivity index (χ4n) is 3.70. The molecular formula is C18H19N3O2. The standard InChI is InChI=1S/C18H19N3O2/c1-11-19-7-8-21(11)10-12-3-6-15-17(18(12)23)14-5-4-13(22)9-16(14)20(15)2/h4-5,7-9,12,22H,3,6,10H2,1-2H3/t12-/m0/s1. The normalized spacial score (nSPS) is 17.7. The molecule has 0 saturated carbocycles. The maximum absolute atomic E-state index is 13.1. The zero-order chi connectivity index (χ0) is 16.1. The Hall–Kier alpha value is -2.56. The molecule has 0 saturated heterocycles. The summed E-state index contributed by atoms with van der Waals surface area (Å²) in [6, 6.07) is 5.24. The van der Waals surface area contributed by atoms with Gasteiger partial charge in [0.2, 0.25) is 0 Å². The lowest BCUT2D eigenvalue weighted by Crippen LogP contribution is -2.27. The third-order valence-corrected chi connectivity index (χ3v) is 4.99. The number of fused-ring (bicyclic) bond motifs is 3. The molecule has 1 aromatic carbocycles. The van der Waals surface area contributed by atoms with Crippen molar-refractivity contribution in [1.29, 1.82) is 0 Å². The average molecular weight is 309 g/mol. The molecule has 5 heteroatoms. The minimum absolute atomic E-state index is 0.0187. The Morgan fingerprint density at radius 1 is 1.39 bits per heavy atom. The van der Waals surface area contributed by atoms with Crippen LogP contribution in [0.2, 0.25) is 0 Å². The number of rotatable bonds is 2. The number of benzene rings is 1. The molecule has 0 fully saturated rings. The summed E-state index contributed by atoms with van der Waals surface area (Å²) in [5.41, 5.74) is 2.83. The molecule has 0 unspecified atom stereocenters. The molecular weight excluding hydrogens is 290 g/mol. The minimum atomic E-state index is -0.0187. The Balaban J connectivity index is 1.78. The molecule has 0 amide bonds. The first kappa shape index (κ1) is 14.1. The Morgan fingerprint density at radius 3 is 2.96 bits per heavy atom. The molecule has 0 bridgehead atoms. The van der Waals surface area contributed by atoms with Crippen LogP contribution in [0.5, 0.6) is 5.75 Å². The molecule has 1 aliphatic rings. The van der Waals surface area contributed by atoms with Gasteiger partial charge in [-0.1, -0.05) is 0 Å². The number of aryl methyl sites for hydroxylation is 2. The third kappa shape index (κ3) is 2.07. The van der Waals surface area contributed by atoms with Gasteiger partial charge in [-0.25, -0.2) is 4.98 Å². The number of Topliss-reactive ketones (excluding diaryl/α,β-unsaturated/α-hetero) is 1. The zero-order valence-electron chi connectivity index (χ0n) is 13.3. The van der Waals surface area contributed by atoms with E-state index in [1.165, 1.54) is 0 Å². The summed E-state index contributed by atoms with van der Waals surface area (Å²) in [6.45, 7) is 2.64. The molecule has 1 N–H and O–H groups in total. The van der Waals surface area contributed by atoms with Gasteiger partial charge >= 0.3 is 0 Å². The van der Waals surface area contributed by atoms with Gasteiger partial charge in [-0.05, 0) is 31.9 Å². The third-order valence-electron chi connectivity index (χ3n) is 4.99. The molecule has 4 rings (SSSR count). The van der Waals surface area contributed by atoms with Crippen molar-refractivity contribution in [2.45, 2.75) is 26.3 Å². The predicted octanol–water partition coefficient (Wildman–Crippen LogP) is 2.83. The van der Waals surface area contributed by atoms with Crippen molar-refractivity contribution < 1.29 is 9.90 Å². The van der Waals surface area contributed by atoms with Crippen LogP contribution in [0.15, 0.2) is 30.6 Å². The van der Waals surface area contributed by atoms with Gasteiger partial charge in [0.05, 0.1) is 5.52 Å². The van der Waals surface area contributed by atoms with Crippen LogP contribution in [-0.4, -0.2) is 25.0 Å². The van der Waals surface area contributed by atoms with Crippen molar-refractivity contribution in [2.75, 3.05) is 0 Å². The molecule has 5 nitrogen and oxygen atoms in total. The molecule has 0 radical (unpaired) electrons. The fourth-order valence-corrected chi connectivity index (χ4v) is 3.70. The zero-order valence-corrected chi connectivity index (χ0v) is 13.3. The van der Waals surface area contributed by atoms with Gasteiger partial charge in [-0.15, -0.1) is 0 Å². The number of aromatic nitrogens is 3. The molecule has 0 aliphatic heterocycles. The van der Waals surface area contributed by atoms with Gasteiger partial charge in [-0.3, -0.25) is 4.79 Å². The van der Waals surface area contributed by atoms with E-state index in [0.29, 0.717) is 6.54 Å². The highest BCUT2D eigenvalue weighted by molar-refractivity contribution is 6.11. The minimum Gasteiger partial charge on any atom is -0.508 e. The van der Waals surface area contributed by atoms with Crippen molar-refractivity contribution in [3.63, 3.8) is 0 Å². The second-order valence-electron chi connectivity index (χ2n) is 6.31. The summed E-state index contributed by atoms with van der Waals surface area (Å²) in [5, 5.41) is 10.7. The SMILES string of the molecule is Cc1nccn1C[C@@H]1CCc2c(c3ccc(O)cc3n2C)C1=O. The summed E-state index contributed by atoms with van der Waals surface area (Å²) in [4.78, 5) is 17.3. The maximum atomic E-state index is 13.1. The second kappa shape index (κ2) is 4.98. The van der Waals surface area contributed by atoms with Crippen molar-refractivity contribution in [2.24, 2.45) is 13.0 Å². The molecule has 2 aromatic heterocycles. The average Bonchev–Trinajstić information content (AvgIpc) is 3.05. The number of phenols is 1. The molecule has 2 heterocycles. The second-order valence-corrected chi connectivity index (χ2v) is 6.31. The molecule has 0 spiro atoms. The number of imidazole rings is 1. The Labute approximate surface area is 134 Å². The molecule has 23 heavy (non-hydrogen) atoms. The van der Waals surface area contributed by atoms with Crippen LogP contribution in [0.3, 0.4) is 0 Å². The van der Waals surface area contributed by atoms with Crippen LogP contribution < -0.4 is 0 Å². The molecule has 3 aromatic rings. The van der Waals surface area contributed by atoms with Crippen LogP contribution >= 0.6 is 0 Å². The van der Waals surface area contributed by atoms with Crippen LogP contribution in [0.4, 0.5) is 0 Å². The van der Waals surface area contributed by atoms with Crippen LogP contribution in [0, 0.1) is 12.8 Å². The smallest absolute Gasteiger partial charge is 0.170 e. The molecule has 1 aliphatic carbocycles. The fraction of sp³-hybridized carbons (Fsp3) is 0.333. The lowest BCUT2D eigenvalue weighted by atomic mass is 9.85. The first-order valence-corrected chi connectivity index (χ1v) is 7.88. The van der Waals surface area contributed by atoms with E-state index >= 15 is 0 Å². The van der Waals surface area contributed by atoms with E-state index in [-0.39, 0.29) is 17.5 Å².